The number of benzene rings is 3. The quantitative estimate of drug-likeness (QED) is 0.550. The van der Waals surface area contributed by atoms with E-state index in [4.69, 9.17) is 21.1 Å². The third kappa shape index (κ3) is 4.78. The molecule has 0 aliphatic carbocycles. The summed E-state index contributed by atoms with van der Waals surface area (Å²) in [6, 6.07) is 15.9. The molecule has 0 unspecified atom stereocenters. The van der Waals surface area contributed by atoms with Gasteiger partial charge < -0.3 is 14.8 Å². The van der Waals surface area contributed by atoms with E-state index in [-0.39, 0.29) is 17.3 Å². The summed E-state index contributed by atoms with van der Waals surface area (Å²) >= 11 is 6.14. The highest BCUT2D eigenvalue weighted by atomic mass is 35.5. The topological polar surface area (TPSA) is 84.9 Å². The lowest BCUT2D eigenvalue weighted by Crippen LogP contribution is -2.43. The van der Waals surface area contributed by atoms with Gasteiger partial charge >= 0.3 is 0 Å². The van der Waals surface area contributed by atoms with Crippen LogP contribution in [0, 0.1) is 5.92 Å². The van der Waals surface area contributed by atoms with Crippen LogP contribution in [-0.2, 0) is 14.8 Å². The van der Waals surface area contributed by atoms with E-state index >= 15 is 0 Å². The van der Waals surface area contributed by atoms with Gasteiger partial charge in [-0.2, -0.15) is 4.31 Å². The minimum Gasteiger partial charge on any atom is -0.495 e. The van der Waals surface area contributed by atoms with E-state index in [0.29, 0.717) is 41.6 Å². The lowest BCUT2D eigenvalue weighted by Gasteiger charge is -2.31. The Labute approximate surface area is 198 Å². The molecular weight excluding hydrogens is 464 g/mol. The molecule has 1 fully saturated rings. The van der Waals surface area contributed by atoms with Crippen molar-refractivity contribution in [2.45, 2.75) is 17.7 Å². The Kier molecular flexibility index (Phi) is 6.78. The molecule has 1 atom stereocenters. The predicted molar refractivity (Wildman–Crippen MR) is 129 cm³/mol. The van der Waals surface area contributed by atoms with E-state index in [2.05, 4.69) is 5.32 Å². The van der Waals surface area contributed by atoms with Crippen LogP contribution in [0.5, 0.6) is 11.5 Å². The average Bonchev–Trinajstić information content (AvgIpc) is 2.84. The summed E-state index contributed by atoms with van der Waals surface area (Å²) in [5.41, 5.74) is 0.415. The number of carbonyl (C=O) groups is 1. The molecule has 3 aromatic carbocycles. The van der Waals surface area contributed by atoms with E-state index in [0.717, 1.165) is 10.8 Å². The number of hydrogen-bond acceptors (Lipinski definition) is 5. The molecule has 7 nitrogen and oxygen atoms in total. The number of nitrogens with zero attached hydrogens (tertiary/aromatic N) is 1. The number of sulfonamides is 1. The summed E-state index contributed by atoms with van der Waals surface area (Å²) in [5, 5.41) is 5.03. The van der Waals surface area contributed by atoms with Crippen molar-refractivity contribution in [1.82, 2.24) is 4.31 Å². The molecule has 1 saturated heterocycles. The number of ether oxygens (including phenoxy) is 2. The molecule has 1 amide bonds. The zero-order valence-corrected chi connectivity index (χ0v) is 19.9. The van der Waals surface area contributed by atoms with Crippen molar-refractivity contribution < 1.29 is 22.7 Å². The number of nitrogens with one attached hydrogen (secondary N) is 1. The van der Waals surface area contributed by atoms with Crippen LogP contribution < -0.4 is 14.8 Å². The number of amides is 1. The first kappa shape index (κ1) is 23.4. The number of hydrogen-bond donors (Lipinski definition) is 1. The molecule has 33 heavy (non-hydrogen) atoms. The highest BCUT2D eigenvalue weighted by Crippen LogP contribution is 2.36. The molecule has 1 aliphatic rings. The van der Waals surface area contributed by atoms with Gasteiger partial charge in [0, 0.05) is 25.2 Å². The van der Waals surface area contributed by atoms with E-state index in [1.165, 1.54) is 18.5 Å². The van der Waals surface area contributed by atoms with Gasteiger partial charge in [0.25, 0.3) is 0 Å². The smallest absolute Gasteiger partial charge is 0.243 e. The van der Waals surface area contributed by atoms with Gasteiger partial charge in [0.2, 0.25) is 15.9 Å². The number of rotatable bonds is 6. The normalized spacial score (nSPS) is 17.0. The van der Waals surface area contributed by atoms with Crippen molar-refractivity contribution in [3.63, 3.8) is 0 Å². The zero-order valence-electron chi connectivity index (χ0n) is 18.4. The number of methoxy groups -OCH3 is 2. The van der Waals surface area contributed by atoms with Crippen molar-refractivity contribution in [3.8, 4) is 11.5 Å². The Morgan fingerprint density at radius 2 is 1.76 bits per heavy atom. The van der Waals surface area contributed by atoms with Gasteiger partial charge in [-0.15, -0.1) is 0 Å². The highest BCUT2D eigenvalue weighted by Gasteiger charge is 2.33. The van der Waals surface area contributed by atoms with E-state index in [1.54, 1.807) is 30.3 Å². The molecule has 0 aromatic heterocycles. The fourth-order valence-electron chi connectivity index (χ4n) is 4.04. The maximum atomic E-state index is 13.3. The largest absolute Gasteiger partial charge is 0.495 e. The summed E-state index contributed by atoms with van der Waals surface area (Å²) in [7, 11) is -0.770. The summed E-state index contributed by atoms with van der Waals surface area (Å²) in [4.78, 5) is 13.3. The molecule has 1 aliphatic heterocycles. The standard InChI is InChI=1S/C24H25ClN2O5S/c1-31-22-14-21(23(32-2)13-20(22)25)26-24(28)18-8-5-11-27(15-18)33(29,30)19-10-9-16-6-3-4-7-17(16)12-19/h3-4,6-7,9-10,12-14,18H,5,8,11,15H2,1-2H3,(H,26,28)/t18-/m1/s1. The Hall–Kier alpha value is -2.81. The summed E-state index contributed by atoms with van der Waals surface area (Å²) in [6.07, 6.45) is 1.18. The average molecular weight is 489 g/mol. The highest BCUT2D eigenvalue weighted by molar-refractivity contribution is 7.89. The maximum Gasteiger partial charge on any atom is 0.243 e. The lowest BCUT2D eigenvalue weighted by atomic mass is 9.98. The summed E-state index contributed by atoms with van der Waals surface area (Å²) < 4.78 is 38.6. The Bertz CT molecular complexity index is 1300. The Morgan fingerprint density at radius 3 is 2.48 bits per heavy atom. The van der Waals surface area contributed by atoms with Gasteiger partial charge in [-0.25, -0.2) is 8.42 Å². The first-order chi connectivity index (χ1) is 15.8. The molecule has 4 rings (SSSR count). The van der Waals surface area contributed by atoms with E-state index in [1.807, 2.05) is 24.3 Å². The predicted octanol–water partition coefficient (Wildman–Crippen LogP) is 4.55. The van der Waals surface area contributed by atoms with Crippen molar-refractivity contribution in [2.75, 3.05) is 32.6 Å². The molecule has 174 valence electrons. The van der Waals surface area contributed by atoms with Crippen LogP contribution in [0.25, 0.3) is 10.8 Å². The number of piperidine rings is 1. The summed E-state index contributed by atoms with van der Waals surface area (Å²) in [5.74, 6) is 0.0129. The second-order valence-corrected chi connectivity index (χ2v) is 10.2. The molecule has 1 heterocycles. The van der Waals surface area contributed by atoms with Gasteiger partial charge in [0.05, 0.1) is 35.7 Å². The number of carbonyl (C=O) groups excluding carboxylic acids is 1. The third-order valence-electron chi connectivity index (χ3n) is 5.85. The van der Waals surface area contributed by atoms with Crippen LogP contribution in [0.1, 0.15) is 12.8 Å². The van der Waals surface area contributed by atoms with Crippen LogP contribution in [0.15, 0.2) is 59.5 Å². The first-order valence-electron chi connectivity index (χ1n) is 10.5. The fraction of sp³-hybridized carbons (Fsp3) is 0.292. The van der Waals surface area contributed by atoms with Crippen molar-refractivity contribution in [1.29, 1.82) is 0 Å². The number of fused-ring (bicyclic) bond motifs is 1. The minimum absolute atomic E-state index is 0.105. The molecule has 3 aromatic rings. The zero-order chi connectivity index (χ0) is 23.6. The second kappa shape index (κ2) is 9.59. The van der Waals surface area contributed by atoms with Gasteiger partial charge in [-0.05, 0) is 35.7 Å². The Balaban J connectivity index is 1.54. The molecule has 0 bridgehead atoms. The summed E-state index contributed by atoms with van der Waals surface area (Å²) in [6.45, 7) is 0.477. The molecular formula is C24H25ClN2O5S. The minimum atomic E-state index is -3.73. The van der Waals surface area contributed by atoms with E-state index < -0.39 is 15.9 Å². The van der Waals surface area contributed by atoms with Gasteiger partial charge in [-0.1, -0.05) is 41.9 Å². The van der Waals surface area contributed by atoms with Crippen LogP contribution in [0.3, 0.4) is 0 Å². The van der Waals surface area contributed by atoms with Crippen LogP contribution in [0.2, 0.25) is 5.02 Å². The lowest BCUT2D eigenvalue weighted by molar-refractivity contribution is -0.120. The maximum absolute atomic E-state index is 13.3. The SMILES string of the molecule is COc1cc(NC(=O)[C@@H]2CCCN(S(=O)(=O)c3ccc4ccccc4c3)C2)c(OC)cc1Cl. The second-order valence-electron chi connectivity index (χ2n) is 7.89. The third-order valence-corrected chi connectivity index (χ3v) is 8.00. The van der Waals surface area contributed by atoms with Gasteiger partial charge in [0.1, 0.15) is 11.5 Å². The Morgan fingerprint density at radius 1 is 1.03 bits per heavy atom. The van der Waals surface area contributed by atoms with Crippen molar-refractivity contribution in [3.05, 3.63) is 59.6 Å². The molecule has 0 saturated carbocycles. The molecule has 9 heteroatoms. The first-order valence-corrected chi connectivity index (χ1v) is 12.4. The molecule has 0 radical (unpaired) electrons. The van der Waals surface area contributed by atoms with Gasteiger partial charge in [0.15, 0.2) is 0 Å². The molecule has 0 spiro atoms. The van der Waals surface area contributed by atoms with Crippen molar-refractivity contribution >= 4 is 44.0 Å². The van der Waals surface area contributed by atoms with Crippen molar-refractivity contribution in [2.24, 2.45) is 5.92 Å². The van der Waals surface area contributed by atoms with Crippen LogP contribution in [0.4, 0.5) is 5.69 Å². The molecule has 1 N–H and O–H groups in total. The van der Waals surface area contributed by atoms with Crippen LogP contribution in [-0.4, -0.2) is 45.9 Å². The van der Waals surface area contributed by atoms with Gasteiger partial charge in [-0.3, -0.25) is 4.79 Å². The number of anilines is 1. The van der Waals surface area contributed by atoms with E-state index in [9.17, 15) is 13.2 Å². The fourth-order valence-corrected chi connectivity index (χ4v) is 5.84. The van der Waals surface area contributed by atoms with Crippen LogP contribution >= 0.6 is 11.6 Å². The number of halogens is 1. The monoisotopic (exact) mass is 488 g/mol.